The molecule has 0 spiro atoms. The molecule has 0 atom stereocenters. The Morgan fingerprint density at radius 1 is 1.05 bits per heavy atom. The van der Waals surface area contributed by atoms with E-state index in [1.54, 1.807) is 30.3 Å². The van der Waals surface area contributed by atoms with Crippen LogP contribution in [0.3, 0.4) is 0 Å². The summed E-state index contributed by atoms with van der Waals surface area (Å²) in [6.07, 6.45) is 3.09. The van der Waals surface area contributed by atoms with Crippen molar-refractivity contribution in [1.82, 2.24) is 0 Å². The molecule has 5 heteroatoms. The van der Waals surface area contributed by atoms with E-state index >= 15 is 0 Å². The van der Waals surface area contributed by atoms with Gasteiger partial charge in [-0.25, -0.2) is 0 Å². The predicted molar refractivity (Wildman–Crippen MR) is 86.8 cm³/mol. The molecule has 2 aromatic carbocycles. The van der Waals surface area contributed by atoms with Gasteiger partial charge in [-0.05, 0) is 35.9 Å². The number of anilines is 1. The van der Waals surface area contributed by atoms with Crippen molar-refractivity contribution in [2.75, 3.05) is 5.32 Å². The van der Waals surface area contributed by atoms with Gasteiger partial charge in [0.15, 0.2) is 0 Å². The largest absolute Gasteiger partial charge is 0.366 e. The maximum atomic E-state index is 11.9. The first kappa shape index (κ1) is 15.0. The minimum atomic E-state index is -0.581. The number of para-hydroxylation sites is 1. The fourth-order valence-corrected chi connectivity index (χ4v) is 1.99. The van der Waals surface area contributed by atoms with Crippen LogP contribution in [0.1, 0.15) is 15.9 Å². The second kappa shape index (κ2) is 6.85. The number of benzene rings is 2. The standard InChI is InChI=1S/C16H13BrN2O2/c17-12-8-5-11(6-9-12)7-10-15(20)19-14-4-2-1-3-13(14)16(18)21/h1-10H,(H2,18,21)(H,19,20). The van der Waals surface area contributed by atoms with Gasteiger partial charge in [-0.2, -0.15) is 0 Å². The Morgan fingerprint density at radius 2 is 1.71 bits per heavy atom. The fourth-order valence-electron chi connectivity index (χ4n) is 1.73. The Kier molecular flexibility index (Phi) is 4.90. The van der Waals surface area contributed by atoms with Gasteiger partial charge in [0.25, 0.3) is 5.91 Å². The summed E-state index contributed by atoms with van der Waals surface area (Å²) in [4.78, 5) is 23.1. The minimum Gasteiger partial charge on any atom is -0.366 e. The molecule has 21 heavy (non-hydrogen) atoms. The molecule has 0 aromatic heterocycles. The van der Waals surface area contributed by atoms with E-state index in [0.717, 1.165) is 10.0 Å². The van der Waals surface area contributed by atoms with Crippen molar-refractivity contribution in [1.29, 1.82) is 0 Å². The summed E-state index contributed by atoms with van der Waals surface area (Å²) < 4.78 is 0.972. The van der Waals surface area contributed by atoms with Crippen LogP contribution in [0.15, 0.2) is 59.1 Å². The van der Waals surface area contributed by atoms with Crippen LogP contribution in [-0.4, -0.2) is 11.8 Å². The molecular weight excluding hydrogens is 332 g/mol. The molecule has 4 nitrogen and oxygen atoms in total. The molecule has 0 aliphatic carbocycles. The highest BCUT2D eigenvalue weighted by Gasteiger charge is 2.08. The number of halogens is 1. The van der Waals surface area contributed by atoms with Crippen LogP contribution in [-0.2, 0) is 4.79 Å². The van der Waals surface area contributed by atoms with Crippen molar-refractivity contribution < 1.29 is 9.59 Å². The van der Waals surface area contributed by atoms with Crippen LogP contribution < -0.4 is 11.1 Å². The molecule has 0 heterocycles. The van der Waals surface area contributed by atoms with Gasteiger partial charge in [0.2, 0.25) is 5.91 Å². The van der Waals surface area contributed by atoms with Gasteiger partial charge in [-0.3, -0.25) is 9.59 Å². The molecule has 0 radical (unpaired) electrons. The first-order valence-electron chi connectivity index (χ1n) is 6.20. The number of primary amides is 1. The maximum absolute atomic E-state index is 11.9. The molecule has 0 saturated heterocycles. The molecule has 0 aliphatic heterocycles. The van der Waals surface area contributed by atoms with Crippen molar-refractivity contribution in [3.8, 4) is 0 Å². The Balaban J connectivity index is 2.08. The number of hydrogen-bond donors (Lipinski definition) is 2. The monoisotopic (exact) mass is 344 g/mol. The summed E-state index contributed by atoms with van der Waals surface area (Å²) in [7, 11) is 0. The number of rotatable bonds is 4. The van der Waals surface area contributed by atoms with Gasteiger partial charge in [0.05, 0.1) is 11.3 Å². The van der Waals surface area contributed by atoms with Crippen LogP contribution >= 0.6 is 15.9 Å². The number of nitrogens with two attached hydrogens (primary N) is 1. The maximum Gasteiger partial charge on any atom is 0.250 e. The topological polar surface area (TPSA) is 72.2 Å². The summed E-state index contributed by atoms with van der Waals surface area (Å²) in [5, 5.41) is 2.64. The van der Waals surface area contributed by atoms with E-state index in [1.807, 2.05) is 24.3 Å². The number of hydrogen-bond acceptors (Lipinski definition) is 2. The summed E-state index contributed by atoms with van der Waals surface area (Å²) in [5.41, 5.74) is 6.84. The van der Waals surface area contributed by atoms with Crippen LogP contribution in [0.5, 0.6) is 0 Å². The lowest BCUT2D eigenvalue weighted by Crippen LogP contribution is -2.16. The lowest BCUT2D eigenvalue weighted by molar-refractivity contribution is -0.111. The molecule has 106 valence electrons. The van der Waals surface area contributed by atoms with Crippen LogP contribution in [0.25, 0.3) is 6.08 Å². The Hall–Kier alpha value is -2.40. The van der Waals surface area contributed by atoms with E-state index in [2.05, 4.69) is 21.2 Å². The number of carbonyl (C=O) groups excluding carboxylic acids is 2. The van der Waals surface area contributed by atoms with E-state index < -0.39 is 5.91 Å². The zero-order chi connectivity index (χ0) is 15.2. The van der Waals surface area contributed by atoms with Crippen molar-refractivity contribution in [3.63, 3.8) is 0 Å². The van der Waals surface area contributed by atoms with Gasteiger partial charge in [0, 0.05) is 10.5 Å². The third kappa shape index (κ3) is 4.29. The van der Waals surface area contributed by atoms with Crippen molar-refractivity contribution in [2.24, 2.45) is 5.73 Å². The molecular formula is C16H13BrN2O2. The Bertz CT molecular complexity index is 694. The lowest BCUT2D eigenvalue weighted by Gasteiger charge is -2.06. The van der Waals surface area contributed by atoms with Gasteiger partial charge >= 0.3 is 0 Å². The van der Waals surface area contributed by atoms with Gasteiger partial charge in [-0.1, -0.05) is 40.2 Å². The molecule has 2 amide bonds. The van der Waals surface area contributed by atoms with Crippen LogP contribution in [0.4, 0.5) is 5.69 Å². The van der Waals surface area contributed by atoms with Crippen LogP contribution in [0.2, 0.25) is 0 Å². The van der Waals surface area contributed by atoms with E-state index in [0.29, 0.717) is 5.69 Å². The third-order valence-electron chi connectivity index (χ3n) is 2.75. The molecule has 0 bridgehead atoms. The average molecular weight is 345 g/mol. The molecule has 2 rings (SSSR count). The highest BCUT2D eigenvalue weighted by molar-refractivity contribution is 9.10. The highest BCUT2D eigenvalue weighted by atomic mass is 79.9. The number of amides is 2. The Labute approximate surface area is 130 Å². The van der Waals surface area contributed by atoms with Crippen molar-refractivity contribution in [2.45, 2.75) is 0 Å². The Morgan fingerprint density at radius 3 is 2.38 bits per heavy atom. The summed E-state index contributed by atoms with van der Waals surface area (Å²) in [6, 6.07) is 14.1. The SMILES string of the molecule is NC(=O)c1ccccc1NC(=O)C=Cc1ccc(Br)cc1. The van der Waals surface area contributed by atoms with Crippen LogP contribution in [0, 0.1) is 0 Å². The first-order chi connectivity index (χ1) is 10.1. The third-order valence-corrected chi connectivity index (χ3v) is 3.28. The second-order valence-corrected chi connectivity index (χ2v) is 5.20. The summed E-state index contributed by atoms with van der Waals surface area (Å²) in [6.45, 7) is 0. The highest BCUT2D eigenvalue weighted by Crippen LogP contribution is 2.15. The lowest BCUT2D eigenvalue weighted by atomic mass is 10.1. The zero-order valence-corrected chi connectivity index (χ0v) is 12.6. The van der Waals surface area contributed by atoms with Gasteiger partial charge in [-0.15, -0.1) is 0 Å². The number of carbonyl (C=O) groups is 2. The smallest absolute Gasteiger partial charge is 0.250 e. The number of nitrogens with one attached hydrogen (secondary N) is 1. The van der Waals surface area contributed by atoms with E-state index in [1.165, 1.54) is 6.08 Å². The summed E-state index contributed by atoms with van der Waals surface area (Å²) >= 11 is 3.34. The normalized spacial score (nSPS) is 10.5. The van der Waals surface area contributed by atoms with E-state index in [4.69, 9.17) is 5.73 Å². The average Bonchev–Trinajstić information content (AvgIpc) is 2.47. The van der Waals surface area contributed by atoms with E-state index in [-0.39, 0.29) is 11.5 Å². The first-order valence-corrected chi connectivity index (χ1v) is 6.99. The molecule has 0 unspecified atom stereocenters. The molecule has 0 saturated carbocycles. The van der Waals surface area contributed by atoms with Gasteiger partial charge < -0.3 is 11.1 Å². The quantitative estimate of drug-likeness (QED) is 0.836. The van der Waals surface area contributed by atoms with Crippen molar-refractivity contribution >= 4 is 39.5 Å². The zero-order valence-electron chi connectivity index (χ0n) is 11.0. The van der Waals surface area contributed by atoms with Crippen molar-refractivity contribution in [3.05, 3.63) is 70.2 Å². The summed E-state index contributed by atoms with van der Waals surface area (Å²) in [5.74, 6) is -0.908. The second-order valence-electron chi connectivity index (χ2n) is 4.28. The molecule has 0 aliphatic rings. The fraction of sp³-hybridized carbons (Fsp3) is 0. The minimum absolute atomic E-state index is 0.280. The van der Waals surface area contributed by atoms with Gasteiger partial charge in [0.1, 0.15) is 0 Å². The molecule has 3 N–H and O–H groups in total. The molecule has 2 aromatic rings. The predicted octanol–water partition coefficient (Wildman–Crippen LogP) is 3.20. The van der Waals surface area contributed by atoms with E-state index in [9.17, 15) is 9.59 Å². The molecule has 0 fully saturated rings.